The molecular weight excluding hydrogens is 369 g/mol. The van der Waals surface area contributed by atoms with Crippen LogP contribution in [0.5, 0.6) is 0 Å². The first-order valence-electron chi connectivity index (χ1n) is 5.20. The quantitative estimate of drug-likeness (QED) is 0.610. The summed E-state index contributed by atoms with van der Waals surface area (Å²) in [5, 5.41) is 9.29. The van der Waals surface area contributed by atoms with Gasteiger partial charge in [0.2, 0.25) is 6.35 Å². The van der Waals surface area contributed by atoms with E-state index < -0.39 is 69.2 Å². The number of urea groups is 2. The van der Waals surface area contributed by atoms with Gasteiger partial charge in [0, 0.05) is 0 Å². The lowest BCUT2D eigenvalue weighted by Gasteiger charge is -2.40. The molecule has 24 heavy (non-hydrogen) atoms. The van der Waals surface area contributed by atoms with Crippen LogP contribution in [-0.4, -0.2) is 38.2 Å². The summed E-state index contributed by atoms with van der Waals surface area (Å²) in [5.74, 6) is -9.16. The van der Waals surface area contributed by atoms with Gasteiger partial charge in [-0.2, -0.15) is 44.4 Å². The number of imide groups is 1. The molecule has 1 aliphatic rings. The molecule has 0 unspecified atom stereocenters. The molecule has 0 aromatic heterocycles. The Morgan fingerprint density at radius 2 is 0.958 bits per heavy atom. The van der Waals surface area contributed by atoms with Crippen molar-refractivity contribution in [2.45, 2.75) is 6.35 Å². The number of halogens is 9. The lowest BCUT2D eigenvalue weighted by molar-refractivity contribution is -0.0857. The fourth-order valence-corrected chi connectivity index (χ4v) is 1.42. The lowest BCUT2D eigenvalue weighted by atomic mass is 10.4. The number of nitrogens with zero attached hydrogens (tertiary/aromatic N) is 3. The smallest absolute Gasteiger partial charge is 0.344 e. The molecule has 0 spiro atoms. The van der Waals surface area contributed by atoms with Crippen molar-refractivity contribution in [2.24, 2.45) is 0 Å². The highest BCUT2D eigenvalue weighted by atomic mass is 19.3. The van der Waals surface area contributed by atoms with E-state index in [0.29, 0.717) is 0 Å². The molecule has 134 valence electrons. The summed E-state index contributed by atoms with van der Waals surface area (Å²) in [7, 11) is 0. The minimum atomic E-state index is -3.49. The van der Waals surface area contributed by atoms with E-state index in [4.69, 9.17) is 0 Å². The Morgan fingerprint density at radius 3 is 1.21 bits per heavy atom. The number of rotatable bonds is 3. The fraction of sp³-hybridized carbons (Fsp3) is 0.111. The van der Waals surface area contributed by atoms with Crippen LogP contribution in [0.3, 0.4) is 0 Å². The predicted molar refractivity (Wildman–Crippen MR) is 53.4 cm³/mol. The van der Waals surface area contributed by atoms with Crippen molar-refractivity contribution in [1.29, 1.82) is 0 Å². The maximum Gasteiger partial charge on any atom is 0.344 e. The van der Waals surface area contributed by atoms with E-state index in [1.54, 1.807) is 0 Å². The summed E-state index contributed by atoms with van der Waals surface area (Å²) in [6.45, 7) is 0. The summed E-state index contributed by atoms with van der Waals surface area (Å²) in [4.78, 5) is 18.9. The summed E-state index contributed by atoms with van der Waals surface area (Å²) in [5.41, 5.74) is 0. The molecule has 0 saturated carbocycles. The van der Waals surface area contributed by atoms with Crippen LogP contribution in [0.15, 0.2) is 36.1 Å². The molecule has 0 aromatic rings. The first kappa shape index (κ1) is 19.3. The van der Waals surface area contributed by atoms with Gasteiger partial charge in [-0.3, -0.25) is 0 Å². The second kappa shape index (κ2) is 6.81. The number of hydrogen-bond donors (Lipinski definition) is 1. The maximum atomic E-state index is 13.2. The van der Waals surface area contributed by atoms with Crippen LogP contribution in [0.4, 0.5) is 49.1 Å². The van der Waals surface area contributed by atoms with Crippen molar-refractivity contribution in [3.05, 3.63) is 36.1 Å². The summed E-state index contributed by atoms with van der Waals surface area (Å²) >= 11 is 0. The molecule has 1 saturated heterocycles. The second-order valence-corrected chi connectivity index (χ2v) is 3.64. The first-order chi connectivity index (χ1) is 10.9. The van der Waals surface area contributed by atoms with Crippen LogP contribution in [0, 0.1) is 0 Å². The predicted octanol–water partition coefficient (Wildman–Crippen LogP) is 3.53. The second-order valence-electron chi connectivity index (χ2n) is 3.64. The van der Waals surface area contributed by atoms with Gasteiger partial charge < -0.3 is 5.11 Å². The van der Waals surface area contributed by atoms with E-state index in [1.165, 1.54) is 0 Å². The van der Waals surface area contributed by atoms with E-state index in [2.05, 4.69) is 0 Å². The Balaban J connectivity index is 3.64. The molecule has 0 radical (unpaired) electrons. The van der Waals surface area contributed by atoms with Crippen LogP contribution >= 0.6 is 0 Å². The number of amides is 4. The molecule has 4 amide bonds. The van der Waals surface area contributed by atoms with Crippen LogP contribution in [0.1, 0.15) is 0 Å². The molecule has 15 heteroatoms. The van der Waals surface area contributed by atoms with Gasteiger partial charge in [0.25, 0.3) is 17.9 Å². The number of hydrogen-bond acceptors (Lipinski definition) is 3. The third-order valence-electron chi connectivity index (χ3n) is 2.34. The Kier molecular flexibility index (Phi) is 5.49. The standard InChI is InChI=1S/C9H2F9N3O3/c10-1(11)4(16)19-7(22)20(5(17)2(12)13)9(24)21(8(19)23)6(18)3(14)15/h7,22H. The van der Waals surface area contributed by atoms with Crippen molar-refractivity contribution in [1.82, 2.24) is 14.7 Å². The minimum Gasteiger partial charge on any atom is -0.355 e. The van der Waals surface area contributed by atoms with Crippen LogP contribution in [-0.2, 0) is 0 Å². The first-order valence-corrected chi connectivity index (χ1v) is 5.20. The van der Waals surface area contributed by atoms with Crippen molar-refractivity contribution < 1.29 is 54.2 Å². The van der Waals surface area contributed by atoms with E-state index in [0.717, 1.165) is 0 Å². The molecule has 0 aliphatic carbocycles. The van der Waals surface area contributed by atoms with Crippen LogP contribution in [0.25, 0.3) is 0 Å². The van der Waals surface area contributed by atoms with Gasteiger partial charge in [0.05, 0.1) is 0 Å². The highest BCUT2D eigenvalue weighted by Gasteiger charge is 2.51. The van der Waals surface area contributed by atoms with E-state index >= 15 is 0 Å². The van der Waals surface area contributed by atoms with Crippen molar-refractivity contribution >= 4 is 12.1 Å². The molecule has 1 fully saturated rings. The molecule has 0 bridgehead atoms. The van der Waals surface area contributed by atoms with Crippen molar-refractivity contribution in [2.75, 3.05) is 0 Å². The lowest BCUT2D eigenvalue weighted by Crippen LogP contribution is -2.64. The van der Waals surface area contributed by atoms with E-state index in [1.807, 2.05) is 0 Å². The van der Waals surface area contributed by atoms with Gasteiger partial charge in [0.15, 0.2) is 0 Å². The normalized spacial score (nSPS) is 15.7. The summed E-state index contributed by atoms with van der Waals surface area (Å²) < 4.78 is 113. The Morgan fingerprint density at radius 1 is 0.667 bits per heavy atom. The van der Waals surface area contributed by atoms with Crippen molar-refractivity contribution in [3.8, 4) is 0 Å². The Labute approximate surface area is 124 Å². The van der Waals surface area contributed by atoms with Crippen LogP contribution in [0.2, 0.25) is 0 Å². The topological polar surface area (TPSA) is 64.1 Å². The molecular formula is C9H2F9N3O3. The Bertz CT molecular complexity index is 620. The molecule has 0 atom stereocenters. The molecule has 0 aromatic carbocycles. The maximum absolute atomic E-state index is 13.2. The molecule has 6 nitrogen and oxygen atoms in total. The zero-order valence-corrected chi connectivity index (χ0v) is 10.6. The SMILES string of the molecule is O=C1N(C(F)=C(F)F)C(=O)N(C(F)=C(F)F)C(O)N1C(F)=C(F)F. The van der Waals surface area contributed by atoms with Gasteiger partial charge in [-0.05, 0) is 0 Å². The highest BCUT2D eigenvalue weighted by molar-refractivity contribution is 5.98. The molecule has 1 heterocycles. The third kappa shape index (κ3) is 3.15. The van der Waals surface area contributed by atoms with Crippen LogP contribution < -0.4 is 0 Å². The molecule has 1 N–H and O–H groups in total. The molecule has 1 rings (SSSR count). The van der Waals surface area contributed by atoms with Gasteiger partial charge in [-0.1, -0.05) is 0 Å². The van der Waals surface area contributed by atoms with Gasteiger partial charge in [-0.15, -0.1) is 0 Å². The number of carbonyl (C=O) groups is 2. The largest absolute Gasteiger partial charge is 0.355 e. The van der Waals surface area contributed by atoms with E-state index in [9.17, 15) is 54.2 Å². The zero-order chi connectivity index (χ0) is 18.9. The molecule has 1 aliphatic heterocycles. The van der Waals surface area contributed by atoms with Crippen molar-refractivity contribution in [3.63, 3.8) is 0 Å². The third-order valence-corrected chi connectivity index (χ3v) is 2.34. The zero-order valence-electron chi connectivity index (χ0n) is 10.6. The fourth-order valence-electron chi connectivity index (χ4n) is 1.42. The van der Waals surface area contributed by atoms with Gasteiger partial charge in [-0.25, -0.2) is 19.4 Å². The monoisotopic (exact) mass is 371 g/mol. The number of aliphatic hydroxyl groups is 1. The summed E-state index contributed by atoms with van der Waals surface area (Å²) in [6.07, 6.45) is -13.7. The Hall–Kier alpha value is -2.71. The minimum absolute atomic E-state index is 1.30. The average Bonchev–Trinajstić information content (AvgIpc) is 2.46. The number of aliphatic hydroxyl groups excluding tert-OH is 1. The van der Waals surface area contributed by atoms with Gasteiger partial charge >= 0.3 is 30.3 Å². The average molecular weight is 371 g/mol. The van der Waals surface area contributed by atoms with E-state index in [-0.39, 0.29) is 0 Å². The summed E-state index contributed by atoms with van der Waals surface area (Å²) in [6, 6.07) is -5.32. The number of carbonyl (C=O) groups excluding carboxylic acids is 2. The van der Waals surface area contributed by atoms with Gasteiger partial charge in [0.1, 0.15) is 0 Å². The highest BCUT2D eigenvalue weighted by Crippen LogP contribution is 2.33.